The van der Waals surface area contributed by atoms with Crippen molar-refractivity contribution in [2.24, 2.45) is 0 Å². The largest absolute Gasteiger partial charge is 0.249 e. The van der Waals surface area contributed by atoms with Crippen LogP contribution < -0.4 is 0 Å². The average molecular weight is 209 g/mol. The van der Waals surface area contributed by atoms with Crippen molar-refractivity contribution in [2.45, 2.75) is 0 Å². The van der Waals surface area contributed by atoms with E-state index in [2.05, 4.69) is 25.8 Å². The molecule has 0 radical (unpaired) electrons. The lowest BCUT2D eigenvalue weighted by Crippen LogP contribution is -1.77. The highest BCUT2D eigenvalue weighted by Gasteiger charge is 1.91. The van der Waals surface area contributed by atoms with Gasteiger partial charge in [0.25, 0.3) is 0 Å². The summed E-state index contributed by atoms with van der Waals surface area (Å²) in [4.78, 5) is 7.09. The van der Waals surface area contributed by atoms with Crippen LogP contribution in [0.5, 0.6) is 0 Å². The maximum atomic E-state index is 6.52. The summed E-state index contributed by atoms with van der Waals surface area (Å²) in [6.45, 7) is 6.52. The Hall–Kier alpha value is -1.14. The fraction of sp³-hybridized carbons (Fsp3) is 0. The van der Waals surface area contributed by atoms with E-state index in [1.54, 1.807) is 12.3 Å². The van der Waals surface area contributed by atoms with Crippen molar-refractivity contribution in [1.82, 2.24) is 4.98 Å². The molecule has 3 heteroatoms. The molecule has 0 saturated carbocycles. The molecule has 0 aliphatic rings. The molecule has 11 heavy (non-hydrogen) atoms. The van der Waals surface area contributed by atoms with E-state index in [9.17, 15) is 0 Å². The summed E-state index contributed by atoms with van der Waals surface area (Å²) in [6, 6.07) is 3.72. The van der Waals surface area contributed by atoms with E-state index < -0.39 is 0 Å². The number of hydrogen-bond donors (Lipinski definition) is 0. The van der Waals surface area contributed by atoms with Crippen molar-refractivity contribution >= 4 is 22.0 Å². The summed E-state index contributed by atoms with van der Waals surface area (Å²) in [5, 5.41) is 0. The van der Waals surface area contributed by atoms with Crippen LogP contribution in [0, 0.1) is 6.57 Å². The molecule has 0 spiro atoms. The summed E-state index contributed by atoms with van der Waals surface area (Å²) in [7, 11) is 0. The molecule has 1 rings (SSSR count). The Morgan fingerprint density at radius 2 is 2.45 bits per heavy atom. The molecule has 1 aromatic rings. The van der Waals surface area contributed by atoms with Gasteiger partial charge in [-0.15, -0.1) is 0 Å². The van der Waals surface area contributed by atoms with Gasteiger partial charge in [-0.1, -0.05) is 12.1 Å². The van der Waals surface area contributed by atoms with Crippen LogP contribution in [0.4, 0.5) is 0 Å². The van der Waals surface area contributed by atoms with E-state index in [0.717, 1.165) is 10.2 Å². The van der Waals surface area contributed by atoms with Crippen molar-refractivity contribution in [3.8, 4) is 0 Å². The Morgan fingerprint density at radius 1 is 1.64 bits per heavy atom. The maximum absolute atomic E-state index is 6.52. The Bertz CT molecular complexity index is 312. The molecule has 1 aromatic heterocycles. The number of aromatic nitrogens is 1. The van der Waals surface area contributed by atoms with Gasteiger partial charge in [-0.2, -0.15) is 0 Å². The molecule has 1 heterocycles. The molecular weight excluding hydrogens is 204 g/mol. The Balaban J connectivity index is 2.97. The lowest BCUT2D eigenvalue weighted by molar-refractivity contribution is 1.26. The van der Waals surface area contributed by atoms with Crippen molar-refractivity contribution in [1.29, 1.82) is 0 Å². The van der Waals surface area contributed by atoms with Crippen molar-refractivity contribution < 1.29 is 0 Å². The Morgan fingerprint density at radius 3 is 3.09 bits per heavy atom. The first-order valence-corrected chi connectivity index (χ1v) is 3.77. The molecule has 0 N–H and O–H groups in total. The third-order valence-electron chi connectivity index (χ3n) is 1.12. The fourth-order valence-electron chi connectivity index (χ4n) is 0.640. The van der Waals surface area contributed by atoms with Gasteiger partial charge in [-0.3, -0.25) is 0 Å². The number of hydrogen-bond acceptors (Lipinski definition) is 1. The van der Waals surface area contributed by atoms with E-state index in [-0.39, 0.29) is 0 Å². The van der Waals surface area contributed by atoms with Crippen LogP contribution >= 0.6 is 15.9 Å². The lowest BCUT2D eigenvalue weighted by Gasteiger charge is -1.93. The molecule has 0 atom stereocenters. The first kappa shape index (κ1) is 7.96. The zero-order valence-electron chi connectivity index (χ0n) is 5.66. The fourth-order valence-corrected chi connectivity index (χ4v) is 1.02. The minimum absolute atomic E-state index is 0.764. The molecule has 0 unspecified atom stereocenters. The molecule has 0 bridgehead atoms. The van der Waals surface area contributed by atoms with Crippen LogP contribution in [-0.4, -0.2) is 4.98 Å². The summed E-state index contributed by atoms with van der Waals surface area (Å²) in [5.41, 5.74) is 0.920. The number of nitrogens with zero attached hydrogens (tertiary/aromatic N) is 2. The van der Waals surface area contributed by atoms with E-state index >= 15 is 0 Å². The SMILES string of the molecule is [C-]#[N+]/C=C/c1cccnc1Br. The van der Waals surface area contributed by atoms with Gasteiger partial charge in [0.1, 0.15) is 4.60 Å². The molecule has 0 saturated heterocycles. The lowest BCUT2D eigenvalue weighted by atomic mass is 10.3. The highest BCUT2D eigenvalue weighted by molar-refractivity contribution is 9.10. The van der Waals surface area contributed by atoms with Gasteiger partial charge < -0.3 is 0 Å². The van der Waals surface area contributed by atoms with E-state index in [1.807, 2.05) is 12.1 Å². The normalized spacial score (nSPS) is 9.82. The van der Waals surface area contributed by atoms with Gasteiger partial charge in [0.15, 0.2) is 6.20 Å². The predicted molar refractivity (Wildman–Crippen MR) is 47.6 cm³/mol. The molecule has 0 aromatic carbocycles. The van der Waals surface area contributed by atoms with Crippen LogP contribution in [-0.2, 0) is 0 Å². The second kappa shape index (κ2) is 3.89. The first-order chi connectivity index (χ1) is 5.34. The molecule has 0 fully saturated rings. The van der Waals surface area contributed by atoms with Crippen LogP contribution in [0.1, 0.15) is 5.56 Å². The Kier molecular flexibility index (Phi) is 2.82. The van der Waals surface area contributed by atoms with Crippen molar-refractivity contribution in [3.63, 3.8) is 0 Å². The minimum atomic E-state index is 0.764. The second-order valence-electron chi connectivity index (χ2n) is 1.83. The molecule has 54 valence electrons. The monoisotopic (exact) mass is 208 g/mol. The Labute approximate surface area is 73.5 Å². The highest BCUT2D eigenvalue weighted by atomic mass is 79.9. The number of rotatable bonds is 1. The summed E-state index contributed by atoms with van der Waals surface area (Å²) in [5.74, 6) is 0. The summed E-state index contributed by atoms with van der Waals surface area (Å²) in [6.07, 6.45) is 4.81. The smallest absolute Gasteiger partial charge is 0.154 e. The molecular formula is C8H5BrN2. The summed E-state index contributed by atoms with van der Waals surface area (Å²) >= 11 is 3.26. The average Bonchev–Trinajstić information content (AvgIpc) is 2.03. The topological polar surface area (TPSA) is 17.2 Å². The quantitative estimate of drug-likeness (QED) is 0.513. The molecule has 2 nitrogen and oxygen atoms in total. The van der Waals surface area contributed by atoms with Gasteiger partial charge in [0.05, 0.1) is 6.57 Å². The van der Waals surface area contributed by atoms with E-state index in [4.69, 9.17) is 6.57 Å². The van der Waals surface area contributed by atoms with Gasteiger partial charge in [0, 0.05) is 6.20 Å². The standard InChI is InChI=1S/C8H5BrN2/c1-10-6-4-7-3-2-5-11-8(7)9/h2-6H/b6-4+. The van der Waals surface area contributed by atoms with E-state index in [1.165, 1.54) is 6.20 Å². The summed E-state index contributed by atoms with van der Waals surface area (Å²) < 4.78 is 0.764. The molecule has 0 aliphatic carbocycles. The van der Waals surface area contributed by atoms with Crippen LogP contribution in [0.15, 0.2) is 29.1 Å². The van der Waals surface area contributed by atoms with Crippen molar-refractivity contribution in [2.75, 3.05) is 0 Å². The highest BCUT2D eigenvalue weighted by Crippen LogP contribution is 2.13. The van der Waals surface area contributed by atoms with Crippen LogP contribution in [0.25, 0.3) is 10.9 Å². The minimum Gasteiger partial charge on any atom is -0.249 e. The second-order valence-corrected chi connectivity index (χ2v) is 2.58. The predicted octanol–water partition coefficient (Wildman–Crippen LogP) is 2.73. The first-order valence-electron chi connectivity index (χ1n) is 2.98. The zero-order valence-corrected chi connectivity index (χ0v) is 7.25. The maximum Gasteiger partial charge on any atom is 0.154 e. The number of pyridine rings is 1. The van der Waals surface area contributed by atoms with Gasteiger partial charge >= 0.3 is 0 Å². The van der Waals surface area contributed by atoms with Gasteiger partial charge in [-0.25, -0.2) is 9.83 Å². The third-order valence-corrected chi connectivity index (χ3v) is 1.78. The van der Waals surface area contributed by atoms with Crippen LogP contribution in [0.2, 0.25) is 0 Å². The van der Waals surface area contributed by atoms with Crippen LogP contribution in [0.3, 0.4) is 0 Å². The van der Waals surface area contributed by atoms with Gasteiger partial charge in [0.2, 0.25) is 0 Å². The molecule has 0 aliphatic heterocycles. The van der Waals surface area contributed by atoms with Crippen molar-refractivity contribution in [3.05, 3.63) is 46.1 Å². The zero-order chi connectivity index (χ0) is 8.10. The third kappa shape index (κ3) is 2.17. The molecule has 0 amide bonds. The number of halogens is 1. The van der Waals surface area contributed by atoms with Gasteiger partial charge in [-0.05, 0) is 27.6 Å². The van der Waals surface area contributed by atoms with E-state index in [0.29, 0.717) is 0 Å².